The van der Waals surface area contributed by atoms with Crippen molar-refractivity contribution in [2.45, 2.75) is 71.0 Å². The van der Waals surface area contributed by atoms with Crippen LogP contribution in [0.15, 0.2) is 18.3 Å². The number of likely N-dealkylation sites (tertiary alicyclic amines) is 1. The maximum Gasteiger partial charge on any atom is 0.416 e. The van der Waals surface area contributed by atoms with E-state index in [2.05, 4.69) is 10.3 Å². The second kappa shape index (κ2) is 11.5. The van der Waals surface area contributed by atoms with Gasteiger partial charge in [-0.25, -0.2) is 4.98 Å². The first kappa shape index (κ1) is 25.1. The molecule has 2 atom stereocenters. The third-order valence-corrected chi connectivity index (χ3v) is 5.89. The Morgan fingerprint density at radius 3 is 2.42 bits per heavy atom. The molecule has 1 saturated heterocycles. The zero-order valence-corrected chi connectivity index (χ0v) is 18.3. The fraction of sp³-hybridized carbons (Fsp3) is 0.682. The van der Waals surface area contributed by atoms with E-state index in [0.29, 0.717) is 25.9 Å². The zero-order valence-electron chi connectivity index (χ0n) is 18.3. The lowest BCUT2D eigenvalue weighted by Gasteiger charge is -2.37. The van der Waals surface area contributed by atoms with Gasteiger partial charge in [-0.2, -0.15) is 13.2 Å². The molecule has 2 amide bonds. The SMILES string of the molecule is CC.N[C@H]1CCCC[C@@H]1C(=O)N1CCC(CC(=O)Nc2cc(C(F)(F)F)ccn2)CC1. The number of rotatable bonds is 4. The molecule has 0 aromatic carbocycles. The highest BCUT2D eigenvalue weighted by atomic mass is 19.4. The Balaban J connectivity index is 0.00000166. The number of carbonyl (C=O) groups excluding carboxylic acids is 2. The van der Waals surface area contributed by atoms with Crippen molar-refractivity contribution in [2.24, 2.45) is 17.6 Å². The smallest absolute Gasteiger partial charge is 0.342 e. The van der Waals surface area contributed by atoms with Crippen LogP contribution in [0.25, 0.3) is 0 Å². The molecule has 3 rings (SSSR count). The molecule has 1 saturated carbocycles. The number of alkyl halides is 3. The number of nitrogens with one attached hydrogen (secondary N) is 1. The summed E-state index contributed by atoms with van der Waals surface area (Å²) in [7, 11) is 0. The van der Waals surface area contributed by atoms with Crippen LogP contribution in [0, 0.1) is 11.8 Å². The van der Waals surface area contributed by atoms with Gasteiger partial charge in [-0.05, 0) is 43.7 Å². The molecular formula is C22H33F3N4O2. The standard InChI is InChI=1S/C20H27F3N4O2.C2H6/c21-20(22,23)14-5-8-25-17(12-14)26-18(28)11-13-6-9-27(10-7-13)19(29)15-3-1-2-4-16(15)24;1-2/h5,8,12-13,15-16H,1-4,6-7,9-11,24H2,(H,25,26,28);1-2H3/t15-,16-;/m0./s1. The molecule has 0 bridgehead atoms. The lowest BCUT2D eigenvalue weighted by Crippen LogP contribution is -2.48. The molecule has 0 spiro atoms. The molecule has 174 valence electrons. The number of aromatic nitrogens is 1. The first-order valence-corrected chi connectivity index (χ1v) is 11.1. The number of halogens is 3. The number of carbonyl (C=O) groups is 2. The summed E-state index contributed by atoms with van der Waals surface area (Å²) in [6, 6.07) is 1.62. The molecule has 0 radical (unpaired) electrons. The largest absolute Gasteiger partial charge is 0.416 e. The maximum absolute atomic E-state index is 12.8. The summed E-state index contributed by atoms with van der Waals surface area (Å²) in [5.41, 5.74) is 5.26. The van der Waals surface area contributed by atoms with Crippen molar-refractivity contribution in [2.75, 3.05) is 18.4 Å². The van der Waals surface area contributed by atoms with Crippen molar-refractivity contribution in [3.05, 3.63) is 23.9 Å². The van der Waals surface area contributed by atoms with Gasteiger partial charge in [-0.15, -0.1) is 0 Å². The summed E-state index contributed by atoms with van der Waals surface area (Å²) in [5, 5.41) is 2.45. The van der Waals surface area contributed by atoms with Gasteiger partial charge in [-0.1, -0.05) is 26.7 Å². The molecule has 1 aliphatic heterocycles. The molecule has 1 aromatic rings. The van der Waals surface area contributed by atoms with E-state index in [0.717, 1.165) is 44.0 Å². The summed E-state index contributed by atoms with van der Waals surface area (Å²) >= 11 is 0. The minimum absolute atomic E-state index is 0.0697. The van der Waals surface area contributed by atoms with Crippen molar-refractivity contribution in [1.82, 2.24) is 9.88 Å². The Hall–Kier alpha value is -2.16. The molecular weight excluding hydrogens is 409 g/mol. The number of amides is 2. The minimum Gasteiger partial charge on any atom is -0.342 e. The molecule has 2 fully saturated rings. The van der Waals surface area contributed by atoms with Gasteiger partial charge in [0.05, 0.1) is 11.5 Å². The topological polar surface area (TPSA) is 88.3 Å². The first-order valence-electron chi connectivity index (χ1n) is 11.1. The van der Waals surface area contributed by atoms with E-state index < -0.39 is 11.7 Å². The van der Waals surface area contributed by atoms with E-state index in [-0.39, 0.29) is 41.9 Å². The Labute approximate surface area is 181 Å². The lowest BCUT2D eigenvalue weighted by molar-refractivity contribution is -0.139. The number of hydrogen-bond donors (Lipinski definition) is 2. The highest BCUT2D eigenvalue weighted by Crippen LogP contribution is 2.30. The second-order valence-electron chi connectivity index (χ2n) is 8.00. The predicted octanol–water partition coefficient (Wildman–Crippen LogP) is 4.21. The third kappa shape index (κ3) is 7.19. The number of nitrogens with zero attached hydrogens (tertiary/aromatic N) is 2. The van der Waals surface area contributed by atoms with Crippen LogP contribution < -0.4 is 11.1 Å². The van der Waals surface area contributed by atoms with E-state index in [9.17, 15) is 22.8 Å². The van der Waals surface area contributed by atoms with Crippen molar-refractivity contribution in [3.8, 4) is 0 Å². The monoisotopic (exact) mass is 442 g/mol. The number of pyridine rings is 1. The van der Waals surface area contributed by atoms with Gasteiger partial charge in [0, 0.05) is 31.7 Å². The van der Waals surface area contributed by atoms with Gasteiger partial charge in [0.2, 0.25) is 11.8 Å². The minimum atomic E-state index is -4.48. The normalized spacial score (nSPS) is 22.3. The quantitative estimate of drug-likeness (QED) is 0.731. The average Bonchev–Trinajstić information content (AvgIpc) is 2.75. The van der Waals surface area contributed by atoms with Gasteiger partial charge in [0.15, 0.2) is 0 Å². The summed E-state index contributed by atoms with van der Waals surface area (Å²) < 4.78 is 38.3. The fourth-order valence-electron chi connectivity index (χ4n) is 4.19. The van der Waals surface area contributed by atoms with Crippen molar-refractivity contribution >= 4 is 17.6 Å². The van der Waals surface area contributed by atoms with E-state index >= 15 is 0 Å². The summed E-state index contributed by atoms with van der Waals surface area (Å²) in [5.74, 6) is -0.367. The van der Waals surface area contributed by atoms with E-state index in [4.69, 9.17) is 5.73 Å². The highest BCUT2D eigenvalue weighted by molar-refractivity contribution is 5.90. The fourth-order valence-corrected chi connectivity index (χ4v) is 4.19. The molecule has 9 heteroatoms. The molecule has 31 heavy (non-hydrogen) atoms. The molecule has 2 heterocycles. The number of piperidine rings is 1. The first-order chi connectivity index (χ1) is 14.7. The van der Waals surface area contributed by atoms with Crippen LogP contribution >= 0.6 is 0 Å². The maximum atomic E-state index is 12.8. The van der Waals surface area contributed by atoms with Gasteiger partial charge in [0.1, 0.15) is 5.82 Å². The van der Waals surface area contributed by atoms with Gasteiger partial charge >= 0.3 is 6.18 Å². The van der Waals surface area contributed by atoms with Gasteiger partial charge in [0.25, 0.3) is 0 Å². The van der Waals surface area contributed by atoms with Crippen LogP contribution in [0.5, 0.6) is 0 Å². The van der Waals surface area contributed by atoms with Crippen LogP contribution in [0.2, 0.25) is 0 Å². The Kier molecular flexibility index (Phi) is 9.28. The Bertz CT molecular complexity index is 734. The number of nitrogens with two attached hydrogens (primary N) is 1. The lowest BCUT2D eigenvalue weighted by atomic mass is 9.83. The van der Waals surface area contributed by atoms with Gasteiger partial charge in [-0.3, -0.25) is 9.59 Å². The van der Waals surface area contributed by atoms with Crippen LogP contribution in [0.4, 0.5) is 19.0 Å². The van der Waals surface area contributed by atoms with Crippen LogP contribution in [-0.2, 0) is 15.8 Å². The molecule has 1 aliphatic carbocycles. The Morgan fingerprint density at radius 2 is 1.81 bits per heavy atom. The van der Waals surface area contributed by atoms with E-state index in [1.165, 1.54) is 0 Å². The van der Waals surface area contributed by atoms with E-state index in [1.54, 1.807) is 0 Å². The van der Waals surface area contributed by atoms with E-state index in [1.807, 2.05) is 18.7 Å². The van der Waals surface area contributed by atoms with Crippen LogP contribution in [0.1, 0.15) is 64.4 Å². The second-order valence-corrected chi connectivity index (χ2v) is 8.00. The van der Waals surface area contributed by atoms with Crippen molar-refractivity contribution < 1.29 is 22.8 Å². The highest BCUT2D eigenvalue weighted by Gasteiger charge is 2.34. The van der Waals surface area contributed by atoms with Gasteiger partial charge < -0.3 is 16.0 Å². The molecule has 6 nitrogen and oxygen atoms in total. The molecule has 3 N–H and O–H groups in total. The number of anilines is 1. The number of hydrogen-bond acceptors (Lipinski definition) is 4. The summed E-state index contributed by atoms with van der Waals surface area (Å²) in [6.45, 7) is 5.17. The van der Waals surface area contributed by atoms with Crippen molar-refractivity contribution in [3.63, 3.8) is 0 Å². The molecule has 0 unspecified atom stereocenters. The third-order valence-electron chi connectivity index (χ3n) is 5.89. The van der Waals surface area contributed by atoms with Crippen molar-refractivity contribution in [1.29, 1.82) is 0 Å². The van der Waals surface area contributed by atoms with Crippen LogP contribution in [0.3, 0.4) is 0 Å². The summed E-state index contributed by atoms with van der Waals surface area (Å²) in [6.07, 6.45) is 1.95. The molecule has 1 aromatic heterocycles. The zero-order chi connectivity index (χ0) is 23.0. The Morgan fingerprint density at radius 1 is 1.16 bits per heavy atom. The summed E-state index contributed by atoms with van der Waals surface area (Å²) in [4.78, 5) is 30.6. The van der Waals surface area contributed by atoms with Crippen LogP contribution in [-0.4, -0.2) is 40.8 Å². The molecule has 2 aliphatic rings. The average molecular weight is 443 g/mol. The predicted molar refractivity (Wildman–Crippen MR) is 113 cm³/mol.